The van der Waals surface area contributed by atoms with Gasteiger partial charge in [-0.25, -0.2) is 12.8 Å². The van der Waals surface area contributed by atoms with Crippen LogP contribution >= 0.6 is 0 Å². The number of carbonyl (C=O) groups is 2. The van der Waals surface area contributed by atoms with Crippen LogP contribution in [0.15, 0.2) is 47.0 Å². The zero-order valence-corrected chi connectivity index (χ0v) is 15.9. The average Bonchev–Trinajstić information content (AvgIpc) is 2.65. The van der Waals surface area contributed by atoms with Gasteiger partial charge >= 0.3 is 0 Å². The van der Waals surface area contributed by atoms with Gasteiger partial charge in [0.15, 0.2) is 15.6 Å². The number of aliphatic hydroxyl groups is 1. The number of sulfone groups is 1. The van der Waals surface area contributed by atoms with E-state index < -0.39 is 27.3 Å². The van der Waals surface area contributed by atoms with E-state index >= 15 is 0 Å². The molecule has 2 amide bonds. The molecule has 0 aliphatic heterocycles. The monoisotopic (exact) mass is 407 g/mol. The Morgan fingerprint density at radius 1 is 1.32 bits per heavy atom. The Morgan fingerprint density at radius 2 is 2.04 bits per heavy atom. The van der Waals surface area contributed by atoms with E-state index in [4.69, 9.17) is 0 Å². The van der Waals surface area contributed by atoms with Crippen LogP contribution in [0.25, 0.3) is 5.76 Å². The highest BCUT2D eigenvalue weighted by Crippen LogP contribution is 2.22. The van der Waals surface area contributed by atoms with Crippen molar-refractivity contribution in [1.29, 1.82) is 0 Å². The molecule has 1 heterocycles. The molecule has 10 heteroatoms. The van der Waals surface area contributed by atoms with E-state index in [1.807, 2.05) is 0 Å². The van der Waals surface area contributed by atoms with Crippen LogP contribution in [0.5, 0.6) is 0 Å². The largest absolute Gasteiger partial charge is 0.505 e. The lowest BCUT2D eigenvalue weighted by atomic mass is 10.1. The minimum absolute atomic E-state index is 0.000794. The summed E-state index contributed by atoms with van der Waals surface area (Å²) in [5.41, 5.74) is 0.308. The number of rotatable bonds is 7. The number of aromatic nitrogens is 1. The Balaban J connectivity index is 2.27. The molecular formula is C18H18FN3O5S. The number of nitrogens with one attached hydrogen (secondary N) is 2. The molecule has 28 heavy (non-hydrogen) atoms. The molecule has 0 atom stereocenters. The summed E-state index contributed by atoms with van der Waals surface area (Å²) in [5, 5.41) is 15.2. The van der Waals surface area contributed by atoms with Crippen molar-refractivity contribution < 1.29 is 27.5 Å². The summed E-state index contributed by atoms with van der Waals surface area (Å²) >= 11 is 0. The number of carbonyl (C=O) groups excluding carboxylic acids is 2. The molecule has 8 nitrogen and oxygen atoms in total. The van der Waals surface area contributed by atoms with E-state index in [-0.39, 0.29) is 34.0 Å². The molecule has 3 N–H and O–H groups in total. The molecule has 148 valence electrons. The van der Waals surface area contributed by atoms with E-state index in [1.165, 1.54) is 25.3 Å². The van der Waals surface area contributed by atoms with Crippen LogP contribution in [-0.2, 0) is 26.0 Å². The van der Waals surface area contributed by atoms with E-state index in [9.17, 15) is 27.5 Å². The Hall–Kier alpha value is -3.27. The lowest BCUT2D eigenvalue weighted by Crippen LogP contribution is -2.25. The second-order valence-electron chi connectivity index (χ2n) is 5.84. The molecule has 2 rings (SSSR count). The van der Waals surface area contributed by atoms with Gasteiger partial charge in [0.2, 0.25) is 6.41 Å². The molecular weight excluding hydrogens is 389 g/mol. The number of nitrogens with zero attached hydrogens (tertiary/aromatic N) is 1. The van der Waals surface area contributed by atoms with Crippen LogP contribution in [0, 0.1) is 5.82 Å². The van der Waals surface area contributed by atoms with Gasteiger partial charge in [0, 0.05) is 19.0 Å². The minimum Gasteiger partial charge on any atom is -0.505 e. The number of pyridine rings is 1. The summed E-state index contributed by atoms with van der Waals surface area (Å²) in [5.74, 6) is -1.86. The first-order valence-corrected chi connectivity index (χ1v) is 9.86. The molecule has 0 spiro atoms. The molecule has 0 radical (unpaired) electrons. The normalized spacial score (nSPS) is 12.1. The number of hydrogen-bond acceptors (Lipinski definition) is 6. The number of hydrogen-bond donors (Lipinski definition) is 3. The standard InChI is InChI=1S/C18H18FN3O5S/c1-11(17(24)16-14(22-10-23)4-3-7-20-16)18(25)21-9-12-5-6-13(19)8-15(12)28(2,26)27/h3-8,10,24H,9H2,1-2H3,(H,21,25)(H,22,23)/b17-11-. The van der Waals surface area contributed by atoms with Gasteiger partial charge in [-0.15, -0.1) is 0 Å². The number of benzene rings is 1. The summed E-state index contributed by atoms with van der Waals surface area (Å²) in [6.07, 6.45) is 2.72. The highest BCUT2D eigenvalue weighted by atomic mass is 32.2. The van der Waals surface area contributed by atoms with Crippen molar-refractivity contribution >= 4 is 33.6 Å². The van der Waals surface area contributed by atoms with Gasteiger partial charge in [-0.1, -0.05) is 6.07 Å². The smallest absolute Gasteiger partial charge is 0.250 e. The lowest BCUT2D eigenvalue weighted by Gasteiger charge is -2.12. The molecule has 1 aromatic heterocycles. The summed E-state index contributed by atoms with van der Waals surface area (Å²) in [7, 11) is -3.70. The fourth-order valence-electron chi connectivity index (χ4n) is 2.39. The van der Waals surface area contributed by atoms with Crippen LogP contribution in [-0.4, -0.2) is 37.1 Å². The van der Waals surface area contributed by atoms with Crippen molar-refractivity contribution in [3.05, 3.63) is 59.2 Å². The van der Waals surface area contributed by atoms with E-state index in [1.54, 1.807) is 6.07 Å². The molecule has 0 bridgehead atoms. The van der Waals surface area contributed by atoms with Crippen molar-refractivity contribution in [2.24, 2.45) is 0 Å². The van der Waals surface area contributed by atoms with Gasteiger partial charge in [0.25, 0.3) is 5.91 Å². The predicted molar refractivity (Wildman–Crippen MR) is 101 cm³/mol. The third kappa shape index (κ3) is 4.92. The number of halogens is 1. The predicted octanol–water partition coefficient (Wildman–Crippen LogP) is 1.80. The maximum absolute atomic E-state index is 13.4. The first kappa shape index (κ1) is 21.0. The molecule has 2 aromatic rings. The molecule has 0 saturated carbocycles. The van der Waals surface area contributed by atoms with E-state index in [0.717, 1.165) is 18.4 Å². The maximum Gasteiger partial charge on any atom is 0.250 e. The molecule has 0 aliphatic carbocycles. The second-order valence-corrected chi connectivity index (χ2v) is 7.83. The minimum atomic E-state index is -3.70. The number of amides is 2. The highest BCUT2D eigenvalue weighted by molar-refractivity contribution is 7.90. The Bertz CT molecular complexity index is 1050. The van der Waals surface area contributed by atoms with Crippen LogP contribution in [0.4, 0.5) is 10.1 Å². The summed E-state index contributed by atoms with van der Waals surface area (Å²) in [6, 6.07) is 6.26. The zero-order chi connectivity index (χ0) is 20.9. The van der Waals surface area contributed by atoms with Crippen LogP contribution in [0.3, 0.4) is 0 Å². The first-order valence-electron chi connectivity index (χ1n) is 7.97. The van der Waals surface area contributed by atoms with Crippen LogP contribution in [0.2, 0.25) is 0 Å². The number of aliphatic hydroxyl groups excluding tert-OH is 1. The number of anilines is 1. The molecule has 0 aliphatic rings. The van der Waals surface area contributed by atoms with Crippen molar-refractivity contribution in [2.75, 3.05) is 11.6 Å². The van der Waals surface area contributed by atoms with Gasteiger partial charge in [-0.3, -0.25) is 14.6 Å². The van der Waals surface area contributed by atoms with Crippen molar-refractivity contribution in [1.82, 2.24) is 10.3 Å². The summed E-state index contributed by atoms with van der Waals surface area (Å²) in [4.78, 5) is 26.7. The first-order chi connectivity index (χ1) is 13.1. The third-order valence-electron chi connectivity index (χ3n) is 3.81. The molecule has 0 unspecified atom stereocenters. The highest BCUT2D eigenvalue weighted by Gasteiger charge is 2.18. The summed E-state index contributed by atoms with van der Waals surface area (Å²) in [6.45, 7) is 1.14. The molecule has 0 fully saturated rings. The zero-order valence-electron chi connectivity index (χ0n) is 15.1. The van der Waals surface area contributed by atoms with Crippen LogP contribution in [0.1, 0.15) is 18.2 Å². The van der Waals surface area contributed by atoms with E-state index in [0.29, 0.717) is 6.41 Å². The van der Waals surface area contributed by atoms with Crippen LogP contribution < -0.4 is 10.6 Å². The molecule has 0 saturated heterocycles. The second kappa shape index (κ2) is 8.61. The van der Waals surface area contributed by atoms with Gasteiger partial charge in [0.1, 0.15) is 11.5 Å². The fourth-order valence-corrected chi connectivity index (χ4v) is 3.33. The average molecular weight is 407 g/mol. The SMILES string of the molecule is C/C(C(=O)NCc1ccc(F)cc1S(C)(=O)=O)=C(/O)c1ncccc1NC=O. The quantitative estimate of drug-likeness (QED) is 0.365. The van der Waals surface area contributed by atoms with Gasteiger partial charge in [-0.2, -0.15) is 0 Å². The Morgan fingerprint density at radius 3 is 2.68 bits per heavy atom. The van der Waals surface area contributed by atoms with Crippen molar-refractivity contribution in [2.45, 2.75) is 18.4 Å². The fraction of sp³-hybridized carbons (Fsp3) is 0.167. The van der Waals surface area contributed by atoms with Crippen molar-refractivity contribution in [3.63, 3.8) is 0 Å². The summed E-state index contributed by atoms with van der Waals surface area (Å²) < 4.78 is 37.0. The third-order valence-corrected chi connectivity index (χ3v) is 4.99. The Kier molecular flexibility index (Phi) is 6.47. The topological polar surface area (TPSA) is 125 Å². The lowest BCUT2D eigenvalue weighted by molar-refractivity contribution is -0.117. The maximum atomic E-state index is 13.4. The van der Waals surface area contributed by atoms with E-state index in [2.05, 4.69) is 15.6 Å². The van der Waals surface area contributed by atoms with Crippen molar-refractivity contribution in [3.8, 4) is 0 Å². The molecule has 1 aromatic carbocycles. The van der Waals surface area contributed by atoms with Gasteiger partial charge in [0.05, 0.1) is 16.2 Å². The van der Waals surface area contributed by atoms with Gasteiger partial charge in [-0.05, 0) is 36.8 Å². The van der Waals surface area contributed by atoms with Gasteiger partial charge < -0.3 is 15.7 Å². The Labute approximate surface area is 161 Å².